The molecule has 17 heavy (non-hydrogen) atoms. The summed E-state index contributed by atoms with van der Waals surface area (Å²) in [4.78, 5) is 14.9. The van der Waals surface area contributed by atoms with Gasteiger partial charge in [-0.1, -0.05) is 6.08 Å². The number of carbonyl (C=O) groups excluding carboxylic acids is 1. The Labute approximate surface area is 96.4 Å². The number of pyridine rings is 1. The van der Waals surface area contributed by atoms with Crippen LogP contribution in [0.4, 0.5) is 13.2 Å². The Morgan fingerprint density at radius 1 is 1.41 bits per heavy atom. The Balaban J connectivity index is 2.96. The second-order valence-corrected chi connectivity index (χ2v) is 3.39. The average Bonchev–Trinajstić information content (AvgIpc) is 2.28. The van der Waals surface area contributed by atoms with Gasteiger partial charge in [0.05, 0.1) is 11.1 Å². The summed E-state index contributed by atoms with van der Waals surface area (Å²) < 4.78 is 37.1. The molecule has 0 aliphatic rings. The van der Waals surface area contributed by atoms with Crippen LogP contribution in [-0.2, 0) is 6.18 Å². The van der Waals surface area contributed by atoms with Gasteiger partial charge >= 0.3 is 6.18 Å². The van der Waals surface area contributed by atoms with Gasteiger partial charge in [-0.2, -0.15) is 13.2 Å². The summed E-state index contributed by atoms with van der Waals surface area (Å²) in [6.07, 6.45) is -1.09. The monoisotopic (exact) mass is 244 g/mol. The maximum Gasteiger partial charge on any atom is 0.417 e. The topological polar surface area (TPSA) is 42.0 Å². The van der Waals surface area contributed by atoms with Crippen LogP contribution < -0.4 is 5.32 Å². The molecule has 1 amide bonds. The van der Waals surface area contributed by atoms with Crippen LogP contribution in [0.2, 0.25) is 0 Å². The normalized spacial score (nSPS) is 12.4. The molecule has 6 heteroatoms. The molecule has 0 aliphatic carbocycles. The third-order valence-electron chi connectivity index (χ3n) is 2.07. The van der Waals surface area contributed by atoms with Gasteiger partial charge in [-0.3, -0.25) is 9.78 Å². The highest BCUT2D eigenvalue weighted by atomic mass is 19.4. The van der Waals surface area contributed by atoms with E-state index in [1.54, 1.807) is 19.9 Å². The SMILES string of the molecule is C/C=C(\C)NC(=O)c1cncc(C(F)(F)F)c1. The molecule has 1 N–H and O–H groups in total. The van der Waals surface area contributed by atoms with Gasteiger partial charge in [-0.15, -0.1) is 0 Å². The van der Waals surface area contributed by atoms with Gasteiger partial charge in [0.25, 0.3) is 5.91 Å². The lowest BCUT2D eigenvalue weighted by molar-refractivity contribution is -0.137. The smallest absolute Gasteiger partial charge is 0.326 e. The van der Waals surface area contributed by atoms with Crippen molar-refractivity contribution >= 4 is 5.91 Å². The number of hydrogen-bond donors (Lipinski definition) is 1. The van der Waals surface area contributed by atoms with Gasteiger partial charge in [0.2, 0.25) is 0 Å². The lowest BCUT2D eigenvalue weighted by atomic mass is 10.2. The lowest BCUT2D eigenvalue weighted by Crippen LogP contribution is -2.22. The minimum Gasteiger partial charge on any atom is -0.326 e. The van der Waals surface area contributed by atoms with Crippen molar-refractivity contribution in [3.63, 3.8) is 0 Å². The van der Waals surface area contributed by atoms with Crippen molar-refractivity contribution < 1.29 is 18.0 Å². The summed E-state index contributed by atoms with van der Waals surface area (Å²) in [6, 6.07) is 0.769. The molecule has 0 spiro atoms. The van der Waals surface area contributed by atoms with Crippen LogP contribution in [-0.4, -0.2) is 10.9 Å². The van der Waals surface area contributed by atoms with E-state index in [-0.39, 0.29) is 5.56 Å². The van der Waals surface area contributed by atoms with Gasteiger partial charge in [0, 0.05) is 18.1 Å². The molecular formula is C11H11F3N2O. The molecule has 0 saturated heterocycles. The summed E-state index contributed by atoms with van der Waals surface area (Å²) in [7, 11) is 0. The average molecular weight is 244 g/mol. The van der Waals surface area contributed by atoms with Crippen LogP contribution in [0.25, 0.3) is 0 Å². The number of halogens is 3. The van der Waals surface area contributed by atoms with E-state index >= 15 is 0 Å². The Bertz CT molecular complexity index is 452. The standard InChI is InChI=1S/C11H11F3N2O/c1-3-7(2)16-10(17)8-4-9(6-15-5-8)11(12,13)14/h3-6H,1-2H3,(H,16,17)/b7-3+. The van der Waals surface area contributed by atoms with E-state index < -0.39 is 17.6 Å². The molecule has 1 heterocycles. The second kappa shape index (κ2) is 4.99. The minimum absolute atomic E-state index is 0.124. The van der Waals surface area contributed by atoms with Crippen molar-refractivity contribution in [1.82, 2.24) is 10.3 Å². The van der Waals surface area contributed by atoms with Gasteiger partial charge in [0.15, 0.2) is 0 Å². The number of nitrogens with zero attached hydrogens (tertiary/aromatic N) is 1. The first kappa shape index (κ1) is 13.2. The number of alkyl halides is 3. The van der Waals surface area contributed by atoms with E-state index in [1.165, 1.54) is 0 Å². The summed E-state index contributed by atoms with van der Waals surface area (Å²) in [5, 5.41) is 2.44. The highest BCUT2D eigenvalue weighted by Gasteiger charge is 2.31. The predicted octanol–water partition coefficient (Wildman–Crippen LogP) is 2.75. The van der Waals surface area contributed by atoms with Gasteiger partial charge in [0.1, 0.15) is 0 Å². The van der Waals surface area contributed by atoms with Crippen LogP contribution in [0.1, 0.15) is 29.8 Å². The predicted molar refractivity (Wildman–Crippen MR) is 56.1 cm³/mol. The summed E-state index contributed by atoms with van der Waals surface area (Å²) in [6.45, 7) is 3.35. The van der Waals surface area contributed by atoms with E-state index in [0.29, 0.717) is 11.9 Å². The van der Waals surface area contributed by atoms with Crippen molar-refractivity contribution in [2.45, 2.75) is 20.0 Å². The molecule has 1 aromatic rings. The molecule has 0 radical (unpaired) electrons. The molecule has 0 fully saturated rings. The fraction of sp³-hybridized carbons (Fsp3) is 0.273. The van der Waals surface area contributed by atoms with Crippen molar-refractivity contribution in [2.75, 3.05) is 0 Å². The fourth-order valence-corrected chi connectivity index (χ4v) is 1.04. The van der Waals surface area contributed by atoms with Gasteiger partial charge < -0.3 is 5.32 Å². The number of aromatic nitrogens is 1. The molecular weight excluding hydrogens is 233 g/mol. The zero-order valence-corrected chi connectivity index (χ0v) is 9.30. The molecule has 1 rings (SSSR count). The lowest BCUT2D eigenvalue weighted by Gasteiger charge is -2.08. The maximum absolute atomic E-state index is 12.4. The van der Waals surface area contributed by atoms with E-state index in [1.807, 2.05) is 0 Å². The highest BCUT2D eigenvalue weighted by Crippen LogP contribution is 2.28. The first-order chi connectivity index (χ1) is 7.84. The molecule has 0 bridgehead atoms. The zero-order chi connectivity index (χ0) is 13.1. The Morgan fingerprint density at radius 2 is 2.06 bits per heavy atom. The van der Waals surface area contributed by atoms with E-state index in [2.05, 4.69) is 10.3 Å². The van der Waals surface area contributed by atoms with Crippen molar-refractivity contribution in [3.05, 3.63) is 41.4 Å². The summed E-state index contributed by atoms with van der Waals surface area (Å²) in [5.74, 6) is -0.612. The quantitative estimate of drug-likeness (QED) is 0.869. The third-order valence-corrected chi connectivity index (χ3v) is 2.07. The Hall–Kier alpha value is -1.85. The maximum atomic E-state index is 12.4. The third kappa shape index (κ3) is 3.58. The summed E-state index contributed by atoms with van der Waals surface area (Å²) in [5.41, 5.74) is -0.503. The van der Waals surface area contributed by atoms with Crippen LogP contribution >= 0.6 is 0 Å². The molecule has 0 aliphatic heterocycles. The molecule has 3 nitrogen and oxygen atoms in total. The van der Waals surface area contributed by atoms with Crippen LogP contribution in [0.5, 0.6) is 0 Å². The van der Waals surface area contributed by atoms with E-state index in [4.69, 9.17) is 0 Å². The van der Waals surface area contributed by atoms with Crippen LogP contribution in [0.15, 0.2) is 30.2 Å². The van der Waals surface area contributed by atoms with Gasteiger partial charge in [-0.25, -0.2) is 0 Å². The van der Waals surface area contributed by atoms with Gasteiger partial charge in [-0.05, 0) is 19.9 Å². The molecule has 0 unspecified atom stereocenters. The second-order valence-electron chi connectivity index (χ2n) is 3.39. The number of hydrogen-bond acceptors (Lipinski definition) is 2. The number of allylic oxidation sites excluding steroid dienone is 2. The van der Waals surface area contributed by atoms with E-state index in [0.717, 1.165) is 12.3 Å². The fourth-order valence-electron chi connectivity index (χ4n) is 1.04. The summed E-state index contributed by atoms with van der Waals surface area (Å²) >= 11 is 0. The molecule has 0 atom stereocenters. The largest absolute Gasteiger partial charge is 0.417 e. The van der Waals surface area contributed by atoms with Crippen molar-refractivity contribution in [3.8, 4) is 0 Å². The number of rotatable bonds is 2. The Kier molecular flexibility index (Phi) is 3.88. The van der Waals surface area contributed by atoms with E-state index in [9.17, 15) is 18.0 Å². The van der Waals surface area contributed by atoms with Crippen molar-refractivity contribution in [1.29, 1.82) is 0 Å². The van der Waals surface area contributed by atoms with Crippen LogP contribution in [0, 0.1) is 0 Å². The molecule has 1 aromatic heterocycles. The molecule has 0 saturated carbocycles. The first-order valence-corrected chi connectivity index (χ1v) is 4.81. The number of carbonyl (C=O) groups is 1. The van der Waals surface area contributed by atoms with Crippen LogP contribution in [0.3, 0.4) is 0 Å². The van der Waals surface area contributed by atoms with Crippen molar-refractivity contribution in [2.24, 2.45) is 0 Å². The number of amides is 1. The Morgan fingerprint density at radius 3 is 2.59 bits per heavy atom. The number of nitrogens with one attached hydrogen (secondary N) is 1. The minimum atomic E-state index is -4.50. The first-order valence-electron chi connectivity index (χ1n) is 4.81. The highest BCUT2D eigenvalue weighted by molar-refractivity contribution is 5.95. The molecule has 92 valence electrons. The zero-order valence-electron chi connectivity index (χ0n) is 9.30. The molecule has 0 aromatic carbocycles.